The largest absolute Gasteiger partial charge is 0.234 e. The Morgan fingerprint density at radius 3 is 2.32 bits per heavy atom. The van der Waals surface area contributed by atoms with Crippen molar-refractivity contribution in [2.45, 2.75) is 38.4 Å². The average molecular weight is 320 g/mol. The highest BCUT2D eigenvalue weighted by atomic mass is 35.5. The first kappa shape index (κ1) is 16.7. The molecule has 1 rings (SSSR count). The fourth-order valence-electron chi connectivity index (χ4n) is 1.36. The van der Waals surface area contributed by atoms with Crippen LogP contribution in [0, 0.1) is 0 Å². The molecule has 19 heavy (non-hydrogen) atoms. The van der Waals surface area contributed by atoms with Crippen LogP contribution in [-0.4, -0.2) is 20.5 Å². The molecule has 1 atom stereocenters. The minimum Gasteiger partial charge on any atom is -0.234 e. The SMILES string of the molecule is CC(C)(C)[S@](=O)N=C(CCCCl)c1ccc(Cl)cc1. The number of hydrogen-bond donors (Lipinski definition) is 0. The molecule has 0 radical (unpaired) electrons. The van der Waals surface area contributed by atoms with Crippen LogP contribution < -0.4 is 0 Å². The highest BCUT2D eigenvalue weighted by Crippen LogP contribution is 2.17. The van der Waals surface area contributed by atoms with Gasteiger partial charge in [0.1, 0.15) is 11.0 Å². The highest BCUT2D eigenvalue weighted by molar-refractivity contribution is 7.85. The van der Waals surface area contributed by atoms with E-state index in [1.54, 1.807) is 0 Å². The van der Waals surface area contributed by atoms with Crippen molar-refractivity contribution in [3.8, 4) is 0 Å². The zero-order valence-corrected chi connectivity index (χ0v) is 13.8. The van der Waals surface area contributed by atoms with E-state index in [2.05, 4.69) is 4.40 Å². The topological polar surface area (TPSA) is 29.4 Å². The van der Waals surface area contributed by atoms with E-state index in [1.807, 2.05) is 45.0 Å². The normalized spacial score (nSPS) is 14.5. The van der Waals surface area contributed by atoms with Crippen LogP contribution in [0.15, 0.2) is 28.7 Å². The second-order valence-corrected chi connectivity index (χ2v) is 7.92. The van der Waals surface area contributed by atoms with Crippen LogP contribution in [0.1, 0.15) is 39.2 Å². The van der Waals surface area contributed by atoms with Gasteiger partial charge in [0.05, 0.1) is 10.5 Å². The zero-order chi connectivity index (χ0) is 14.5. The Bertz CT molecular complexity index is 463. The van der Waals surface area contributed by atoms with Gasteiger partial charge in [-0.05, 0) is 51.3 Å². The molecule has 0 bridgehead atoms. The van der Waals surface area contributed by atoms with E-state index in [4.69, 9.17) is 23.2 Å². The first-order valence-electron chi connectivity index (χ1n) is 6.16. The molecule has 5 heteroatoms. The third kappa shape index (κ3) is 5.64. The summed E-state index contributed by atoms with van der Waals surface area (Å²) in [6.07, 6.45) is 1.53. The number of halogens is 2. The number of hydrogen-bond acceptors (Lipinski definition) is 1. The van der Waals surface area contributed by atoms with Crippen molar-refractivity contribution >= 4 is 39.9 Å². The molecule has 0 unspecified atom stereocenters. The van der Waals surface area contributed by atoms with Crippen LogP contribution in [0.2, 0.25) is 5.02 Å². The fourth-order valence-corrected chi connectivity index (χ4v) is 2.29. The molecule has 2 nitrogen and oxygen atoms in total. The molecule has 0 N–H and O–H groups in total. The fraction of sp³-hybridized carbons (Fsp3) is 0.500. The molecular formula is C14H19Cl2NOS. The van der Waals surface area contributed by atoms with Crippen molar-refractivity contribution < 1.29 is 4.21 Å². The molecule has 106 valence electrons. The standard InChI is InChI=1S/C14H19Cl2NOS/c1-14(2,3)19(18)17-13(5-4-10-15)11-6-8-12(16)9-7-11/h6-9H,4-5,10H2,1-3H3/t19-/m0/s1. The predicted molar refractivity (Wildman–Crippen MR) is 85.8 cm³/mol. The molecule has 0 aromatic heterocycles. The molecule has 0 saturated carbocycles. The van der Waals surface area contributed by atoms with Gasteiger partial charge in [0.15, 0.2) is 0 Å². The summed E-state index contributed by atoms with van der Waals surface area (Å²) in [5.41, 5.74) is 1.78. The van der Waals surface area contributed by atoms with E-state index in [0.29, 0.717) is 17.3 Å². The van der Waals surface area contributed by atoms with Crippen molar-refractivity contribution in [2.24, 2.45) is 4.40 Å². The highest BCUT2D eigenvalue weighted by Gasteiger charge is 2.20. The third-order valence-corrected chi connectivity index (χ3v) is 4.39. The Morgan fingerprint density at radius 1 is 1.26 bits per heavy atom. The molecule has 0 aliphatic heterocycles. The lowest BCUT2D eigenvalue weighted by Crippen LogP contribution is -2.21. The number of rotatable bonds is 5. The summed E-state index contributed by atoms with van der Waals surface area (Å²) in [5.74, 6) is 0.564. The Hall–Kier alpha value is -0.380. The average Bonchev–Trinajstić information content (AvgIpc) is 2.34. The van der Waals surface area contributed by atoms with Crippen LogP contribution in [0.3, 0.4) is 0 Å². The number of benzene rings is 1. The maximum absolute atomic E-state index is 12.1. The lowest BCUT2D eigenvalue weighted by molar-refractivity contribution is 0.650. The van der Waals surface area contributed by atoms with Gasteiger partial charge in [0.25, 0.3) is 0 Å². The molecule has 0 heterocycles. The molecule has 0 aliphatic carbocycles. The van der Waals surface area contributed by atoms with Gasteiger partial charge in [-0.1, -0.05) is 23.7 Å². The maximum atomic E-state index is 12.1. The van der Waals surface area contributed by atoms with Gasteiger partial charge in [0.2, 0.25) is 0 Å². The minimum absolute atomic E-state index is 0.362. The molecule has 0 saturated heterocycles. The molecule has 0 fully saturated rings. The van der Waals surface area contributed by atoms with Crippen molar-refractivity contribution in [2.75, 3.05) is 5.88 Å². The van der Waals surface area contributed by atoms with Gasteiger partial charge in [-0.15, -0.1) is 11.6 Å². The first-order valence-corrected chi connectivity index (χ1v) is 8.18. The van der Waals surface area contributed by atoms with Crippen molar-refractivity contribution in [1.82, 2.24) is 0 Å². The Balaban J connectivity index is 3.04. The molecule has 1 aromatic carbocycles. The predicted octanol–water partition coefficient (Wildman–Crippen LogP) is 4.61. The second-order valence-electron chi connectivity index (χ2n) is 5.20. The summed E-state index contributed by atoms with van der Waals surface area (Å²) in [7, 11) is -1.26. The molecule has 0 amide bonds. The van der Waals surface area contributed by atoms with Crippen molar-refractivity contribution in [3.05, 3.63) is 34.9 Å². The molecule has 0 spiro atoms. The van der Waals surface area contributed by atoms with Gasteiger partial charge < -0.3 is 0 Å². The number of nitrogens with zero attached hydrogens (tertiary/aromatic N) is 1. The molecular weight excluding hydrogens is 301 g/mol. The molecule has 0 aliphatic rings. The van der Waals surface area contributed by atoms with Gasteiger partial charge in [-0.3, -0.25) is 0 Å². The van der Waals surface area contributed by atoms with Crippen LogP contribution in [0.25, 0.3) is 0 Å². The van der Waals surface area contributed by atoms with Gasteiger partial charge in [-0.2, -0.15) is 4.40 Å². The quantitative estimate of drug-likeness (QED) is 0.575. The lowest BCUT2D eigenvalue weighted by Gasteiger charge is -2.15. The van der Waals surface area contributed by atoms with E-state index in [-0.39, 0.29) is 4.75 Å². The smallest absolute Gasteiger partial charge is 0.145 e. The third-order valence-electron chi connectivity index (χ3n) is 2.44. The Kier molecular flexibility index (Phi) is 6.51. The van der Waals surface area contributed by atoms with E-state index >= 15 is 0 Å². The van der Waals surface area contributed by atoms with E-state index < -0.39 is 11.0 Å². The zero-order valence-electron chi connectivity index (χ0n) is 11.5. The summed E-state index contributed by atoms with van der Waals surface area (Å²) < 4.78 is 16.2. The van der Waals surface area contributed by atoms with Gasteiger partial charge in [-0.25, -0.2) is 4.21 Å². The maximum Gasteiger partial charge on any atom is 0.145 e. The Morgan fingerprint density at radius 2 is 1.84 bits per heavy atom. The van der Waals surface area contributed by atoms with Crippen molar-refractivity contribution in [3.63, 3.8) is 0 Å². The van der Waals surface area contributed by atoms with E-state index in [9.17, 15) is 4.21 Å². The van der Waals surface area contributed by atoms with Gasteiger partial charge >= 0.3 is 0 Å². The van der Waals surface area contributed by atoms with E-state index in [0.717, 1.165) is 17.7 Å². The van der Waals surface area contributed by atoms with Crippen LogP contribution >= 0.6 is 23.2 Å². The summed E-state index contributed by atoms with van der Waals surface area (Å²) in [6, 6.07) is 7.42. The monoisotopic (exact) mass is 319 g/mol. The second kappa shape index (κ2) is 7.41. The van der Waals surface area contributed by atoms with E-state index in [1.165, 1.54) is 0 Å². The summed E-state index contributed by atoms with van der Waals surface area (Å²) in [4.78, 5) is 0. The number of alkyl halides is 1. The lowest BCUT2D eigenvalue weighted by atomic mass is 10.1. The van der Waals surface area contributed by atoms with Gasteiger partial charge in [0, 0.05) is 10.9 Å². The summed E-state index contributed by atoms with van der Waals surface area (Å²) >= 11 is 11.6. The minimum atomic E-state index is -1.26. The first-order chi connectivity index (χ1) is 8.84. The molecule has 1 aromatic rings. The van der Waals surface area contributed by atoms with Crippen LogP contribution in [0.5, 0.6) is 0 Å². The van der Waals surface area contributed by atoms with Crippen molar-refractivity contribution in [1.29, 1.82) is 0 Å². The summed E-state index contributed by atoms with van der Waals surface area (Å²) in [5, 5.41) is 0.678. The van der Waals surface area contributed by atoms with Crippen LogP contribution in [0.4, 0.5) is 0 Å². The summed E-state index contributed by atoms with van der Waals surface area (Å²) in [6.45, 7) is 5.73. The Labute approximate surface area is 127 Å². The van der Waals surface area contributed by atoms with Crippen LogP contribution in [-0.2, 0) is 11.0 Å².